The lowest BCUT2D eigenvalue weighted by Crippen LogP contribution is -2.45. The summed E-state index contributed by atoms with van der Waals surface area (Å²) in [4.78, 5) is 40.9. The summed E-state index contributed by atoms with van der Waals surface area (Å²) in [5, 5.41) is 11.9. The third-order valence-electron chi connectivity index (χ3n) is 5.84. The van der Waals surface area contributed by atoms with Crippen LogP contribution < -0.4 is 10.2 Å². The summed E-state index contributed by atoms with van der Waals surface area (Å²) in [6.07, 6.45) is 3.08. The average molecular weight is 402 g/mol. The van der Waals surface area contributed by atoms with Crippen molar-refractivity contribution in [2.75, 3.05) is 18.0 Å². The smallest absolute Gasteiger partial charge is 0.319 e. The molecule has 7 heteroatoms. The van der Waals surface area contributed by atoms with Crippen LogP contribution in [0.25, 0.3) is 0 Å². The number of amides is 4. The summed E-state index contributed by atoms with van der Waals surface area (Å²) in [5.41, 5.74) is 2.52. The quantitative estimate of drug-likeness (QED) is 0.614. The minimum Gasteiger partial charge on any atom is -0.319 e. The first-order chi connectivity index (χ1) is 14.4. The van der Waals surface area contributed by atoms with E-state index in [4.69, 9.17) is 5.26 Å². The van der Waals surface area contributed by atoms with Gasteiger partial charge in [-0.3, -0.25) is 19.4 Å². The highest BCUT2D eigenvalue weighted by molar-refractivity contribution is 6.10. The third-order valence-corrected chi connectivity index (χ3v) is 5.84. The number of anilines is 1. The van der Waals surface area contributed by atoms with Gasteiger partial charge in [-0.05, 0) is 55.0 Å². The predicted octanol–water partition coefficient (Wildman–Crippen LogP) is 2.50. The summed E-state index contributed by atoms with van der Waals surface area (Å²) in [5.74, 6) is -0.965. The monoisotopic (exact) mass is 402 g/mol. The number of rotatable bonds is 5. The molecular weight excluding hydrogens is 380 g/mol. The van der Waals surface area contributed by atoms with E-state index < -0.39 is 29.9 Å². The lowest BCUT2D eigenvalue weighted by atomic mass is 9.89. The molecule has 1 saturated heterocycles. The van der Waals surface area contributed by atoms with Crippen LogP contribution in [-0.2, 0) is 28.0 Å². The first-order valence-electron chi connectivity index (χ1n) is 9.93. The van der Waals surface area contributed by atoms with Gasteiger partial charge in [-0.2, -0.15) is 5.26 Å². The van der Waals surface area contributed by atoms with Crippen molar-refractivity contribution in [1.29, 1.82) is 5.26 Å². The molecule has 7 nitrogen and oxygen atoms in total. The van der Waals surface area contributed by atoms with E-state index in [-0.39, 0.29) is 6.54 Å². The van der Waals surface area contributed by atoms with E-state index in [1.807, 2.05) is 24.3 Å². The fourth-order valence-corrected chi connectivity index (χ4v) is 4.14. The number of carbonyl (C=O) groups is 3. The molecule has 1 atom stereocenters. The number of carbonyl (C=O) groups excluding carboxylic acids is 3. The third kappa shape index (κ3) is 3.30. The fourth-order valence-electron chi connectivity index (χ4n) is 4.14. The van der Waals surface area contributed by atoms with E-state index in [0.29, 0.717) is 11.3 Å². The van der Waals surface area contributed by atoms with Gasteiger partial charge in [0.2, 0.25) is 5.91 Å². The van der Waals surface area contributed by atoms with Crippen molar-refractivity contribution in [3.8, 4) is 6.07 Å². The van der Waals surface area contributed by atoms with Crippen LogP contribution >= 0.6 is 0 Å². The van der Waals surface area contributed by atoms with Gasteiger partial charge in [0, 0.05) is 5.69 Å². The Hall–Kier alpha value is -3.66. The maximum atomic E-state index is 13.2. The summed E-state index contributed by atoms with van der Waals surface area (Å²) in [6, 6.07) is 15.9. The molecule has 1 N–H and O–H groups in total. The number of hydrogen-bond acceptors (Lipinski definition) is 4. The van der Waals surface area contributed by atoms with E-state index in [9.17, 15) is 14.4 Å². The van der Waals surface area contributed by atoms with Crippen LogP contribution in [0.4, 0.5) is 10.5 Å². The molecular formula is C23H22N4O3. The Morgan fingerprint density at radius 3 is 2.63 bits per heavy atom. The van der Waals surface area contributed by atoms with Gasteiger partial charge in [-0.25, -0.2) is 4.79 Å². The Labute approximate surface area is 174 Å². The van der Waals surface area contributed by atoms with E-state index in [1.165, 1.54) is 16.0 Å². The van der Waals surface area contributed by atoms with E-state index in [1.54, 1.807) is 37.3 Å². The van der Waals surface area contributed by atoms with Crippen molar-refractivity contribution in [1.82, 2.24) is 10.2 Å². The van der Waals surface area contributed by atoms with Crippen LogP contribution in [0.1, 0.15) is 30.0 Å². The van der Waals surface area contributed by atoms with Crippen LogP contribution in [0.3, 0.4) is 0 Å². The van der Waals surface area contributed by atoms with Crippen LogP contribution in [0.15, 0.2) is 48.5 Å². The molecule has 1 unspecified atom stereocenters. The molecule has 2 aromatic rings. The minimum atomic E-state index is -1.22. The van der Waals surface area contributed by atoms with Gasteiger partial charge < -0.3 is 5.32 Å². The number of aryl methyl sites for hydroxylation is 2. The van der Waals surface area contributed by atoms with Crippen molar-refractivity contribution in [3.05, 3.63) is 65.2 Å². The van der Waals surface area contributed by atoms with Crippen LogP contribution in [0.2, 0.25) is 0 Å². The highest BCUT2D eigenvalue weighted by atomic mass is 16.2. The molecule has 0 radical (unpaired) electrons. The molecule has 4 rings (SSSR count). The predicted molar refractivity (Wildman–Crippen MR) is 110 cm³/mol. The van der Waals surface area contributed by atoms with E-state index in [0.717, 1.165) is 24.2 Å². The van der Waals surface area contributed by atoms with E-state index in [2.05, 4.69) is 5.32 Å². The van der Waals surface area contributed by atoms with Crippen molar-refractivity contribution in [2.24, 2.45) is 0 Å². The SMILES string of the molecule is CC1(c2ccc3c(c2)CCC3)NC(=O)N(CC(=O)N(CC#N)c2ccccc2)C1=O. The summed E-state index contributed by atoms with van der Waals surface area (Å²) in [6.45, 7) is 1.06. The number of para-hydroxylation sites is 1. The Morgan fingerprint density at radius 1 is 1.17 bits per heavy atom. The lowest BCUT2D eigenvalue weighted by molar-refractivity contribution is -0.134. The highest BCUT2D eigenvalue weighted by Gasteiger charge is 2.50. The number of hydrogen-bond donors (Lipinski definition) is 1. The Morgan fingerprint density at radius 2 is 1.90 bits per heavy atom. The molecule has 0 bridgehead atoms. The zero-order valence-electron chi connectivity index (χ0n) is 16.7. The zero-order chi connectivity index (χ0) is 21.3. The molecule has 0 saturated carbocycles. The van der Waals surface area contributed by atoms with Crippen LogP contribution in [-0.4, -0.2) is 35.8 Å². The van der Waals surface area contributed by atoms with Crippen molar-refractivity contribution >= 4 is 23.5 Å². The second kappa shape index (κ2) is 7.64. The number of benzene rings is 2. The number of fused-ring (bicyclic) bond motifs is 1. The Kier molecular flexibility index (Phi) is 5.00. The topological polar surface area (TPSA) is 93.5 Å². The van der Waals surface area contributed by atoms with Crippen molar-refractivity contribution < 1.29 is 14.4 Å². The van der Waals surface area contributed by atoms with Gasteiger partial charge in [-0.15, -0.1) is 0 Å². The van der Waals surface area contributed by atoms with Crippen LogP contribution in [0, 0.1) is 11.3 Å². The molecule has 1 fully saturated rings. The van der Waals surface area contributed by atoms with Crippen LogP contribution in [0.5, 0.6) is 0 Å². The highest BCUT2D eigenvalue weighted by Crippen LogP contribution is 2.32. The Bertz CT molecular complexity index is 1060. The molecule has 1 heterocycles. The van der Waals surface area contributed by atoms with E-state index >= 15 is 0 Å². The normalized spacial score (nSPS) is 19.9. The molecule has 0 spiro atoms. The molecule has 0 aromatic heterocycles. The Balaban J connectivity index is 1.57. The number of urea groups is 1. The zero-order valence-corrected chi connectivity index (χ0v) is 16.7. The standard InChI is InChI=1S/C23H22N4O3/c1-23(18-11-10-16-6-5-7-17(16)14-18)21(29)27(22(30)25-23)15-20(28)26(13-12-24)19-8-3-2-4-9-19/h2-4,8-11,14H,5-7,13,15H2,1H3,(H,25,30). The molecule has 152 valence electrons. The lowest BCUT2D eigenvalue weighted by Gasteiger charge is -2.24. The van der Waals surface area contributed by atoms with Gasteiger partial charge in [0.15, 0.2) is 0 Å². The maximum absolute atomic E-state index is 13.2. The first-order valence-corrected chi connectivity index (χ1v) is 9.93. The van der Waals surface area contributed by atoms with Gasteiger partial charge in [0.05, 0.1) is 6.07 Å². The largest absolute Gasteiger partial charge is 0.325 e. The van der Waals surface area contributed by atoms with Gasteiger partial charge in [-0.1, -0.05) is 36.4 Å². The molecule has 4 amide bonds. The summed E-state index contributed by atoms with van der Waals surface area (Å²) in [7, 11) is 0. The second-order valence-corrected chi connectivity index (χ2v) is 7.76. The molecule has 2 aliphatic rings. The fraction of sp³-hybridized carbons (Fsp3) is 0.304. The van der Waals surface area contributed by atoms with Crippen molar-refractivity contribution in [2.45, 2.75) is 31.7 Å². The summed E-state index contributed by atoms with van der Waals surface area (Å²) < 4.78 is 0. The minimum absolute atomic E-state index is 0.172. The number of nitriles is 1. The number of imide groups is 1. The molecule has 30 heavy (non-hydrogen) atoms. The number of nitrogens with zero attached hydrogens (tertiary/aromatic N) is 3. The molecule has 2 aromatic carbocycles. The maximum Gasteiger partial charge on any atom is 0.325 e. The second-order valence-electron chi connectivity index (χ2n) is 7.76. The summed E-state index contributed by atoms with van der Waals surface area (Å²) >= 11 is 0. The molecule has 1 aliphatic heterocycles. The number of nitrogens with one attached hydrogen (secondary N) is 1. The van der Waals surface area contributed by atoms with Gasteiger partial charge in [0.25, 0.3) is 5.91 Å². The average Bonchev–Trinajstić information content (AvgIpc) is 3.31. The molecule has 1 aliphatic carbocycles. The van der Waals surface area contributed by atoms with Gasteiger partial charge in [0.1, 0.15) is 18.6 Å². The first kappa shape index (κ1) is 19.6. The van der Waals surface area contributed by atoms with Gasteiger partial charge >= 0.3 is 6.03 Å². The van der Waals surface area contributed by atoms with Crippen molar-refractivity contribution in [3.63, 3.8) is 0 Å².